The average molecular weight is 344 g/mol. The lowest BCUT2D eigenvalue weighted by molar-refractivity contribution is -0.897. The van der Waals surface area contributed by atoms with Gasteiger partial charge in [0.25, 0.3) is 5.91 Å². The Morgan fingerprint density at radius 3 is 2.84 bits per heavy atom. The zero-order chi connectivity index (χ0) is 17.7. The second-order valence-corrected chi connectivity index (χ2v) is 6.75. The number of amides is 1. The highest BCUT2D eigenvalue weighted by atomic mass is 16.5. The number of ether oxygens (including phenoxy) is 1. The van der Waals surface area contributed by atoms with Crippen molar-refractivity contribution in [2.75, 3.05) is 40.0 Å². The Balaban J connectivity index is 1.62. The van der Waals surface area contributed by atoms with E-state index in [2.05, 4.69) is 12.4 Å². The molecule has 1 saturated heterocycles. The molecule has 2 aromatic rings. The van der Waals surface area contributed by atoms with Crippen LogP contribution in [0.25, 0.3) is 11.3 Å². The van der Waals surface area contributed by atoms with Crippen LogP contribution in [0, 0.1) is 0 Å². The molecule has 1 aromatic carbocycles. The average Bonchev–Trinajstić information content (AvgIpc) is 3.25. The second-order valence-electron chi connectivity index (χ2n) is 6.75. The van der Waals surface area contributed by atoms with Crippen LogP contribution in [0.5, 0.6) is 5.75 Å². The van der Waals surface area contributed by atoms with Crippen molar-refractivity contribution in [2.24, 2.45) is 5.73 Å². The van der Waals surface area contributed by atoms with Crippen LogP contribution in [0.1, 0.15) is 23.4 Å². The number of quaternary nitrogens is 1. The van der Waals surface area contributed by atoms with E-state index in [4.69, 9.17) is 14.9 Å². The predicted molar refractivity (Wildman–Crippen MR) is 96.2 cm³/mol. The van der Waals surface area contributed by atoms with Crippen molar-refractivity contribution in [3.8, 4) is 17.1 Å². The summed E-state index contributed by atoms with van der Waals surface area (Å²) in [6.07, 6.45) is 2.62. The third-order valence-electron chi connectivity index (χ3n) is 4.76. The van der Waals surface area contributed by atoms with E-state index in [1.54, 1.807) is 12.1 Å². The monoisotopic (exact) mass is 344 g/mol. The SMILES string of the molecule is C[N+]1(CCOc2cccc(-c3ccc(C(=O)NCN)o3)c2)CCCC1. The van der Waals surface area contributed by atoms with E-state index in [1.165, 1.54) is 25.9 Å². The quantitative estimate of drug-likeness (QED) is 0.596. The van der Waals surface area contributed by atoms with Gasteiger partial charge < -0.3 is 24.7 Å². The number of benzene rings is 1. The molecule has 0 saturated carbocycles. The number of carbonyl (C=O) groups is 1. The Kier molecular flexibility index (Phi) is 5.40. The van der Waals surface area contributed by atoms with Gasteiger partial charge in [-0.25, -0.2) is 0 Å². The summed E-state index contributed by atoms with van der Waals surface area (Å²) in [7, 11) is 2.30. The van der Waals surface area contributed by atoms with E-state index < -0.39 is 0 Å². The lowest BCUT2D eigenvalue weighted by Gasteiger charge is -2.28. The molecule has 0 spiro atoms. The lowest BCUT2D eigenvalue weighted by atomic mass is 10.1. The summed E-state index contributed by atoms with van der Waals surface area (Å²) in [5.74, 6) is 1.38. The number of hydrogen-bond acceptors (Lipinski definition) is 4. The molecule has 6 nitrogen and oxygen atoms in total. The molecule has 1 aromatic heterocycles. The van der Waals surface area contributed by atoms with Gasteiger partial charge in [-0.05, 0) is 24.3 Å². The molecule has 1 amide bonds. The van der Waals surface area contributed by atoms with Crippen LogP contribution in [-0.2, 0) is 0 Å². The first-order valence-electron chi connectivity index (χ1n) is 8.74. The fourth-order valence-corrected chi connectivity index (χ4v) is 3.24. The van der Waals surface area contributed by atoms with E-state index in [1.807, 2.05) is 24.3 Å². The van der Waals surface area contributed by atoms with Crippen LogP contribution >= 0.6 is 0 Å². The molecular weight excluding hydrogens is 318 g/mol. The Bertz CT molecular complexity index is 720. The van der Waals surface area contributed by atoms with Gasteiger partial charge in [0.15, 0.2) is 5.76 Å². The van der Waals surface area contributed by atoms with Gasteiger partial charge in [0.1, 0.15) is 24.7 Å². The normalized spacial score (nSPS) is 15.9. The molecule has 25 heavy (non-hydrogen) atoms. The van der Waals surface area contributed by atoms with Crippen molar-refractivity contribution < 1.29 is 18.4 Å². The van der Waals surface area contributed by atoms with Gasteiger partial charge in [0.2, 0.25) is 0 Å². The van der Waals surface area contributed by atoms with E-state index in [0.29, 0.717) is 12.4 Å². The number of hydrogen-bond donors (Lipinski definition) is 2. The van der Waals surface area contributed by atoms with Crippen molar-refractivity contribution in [1.82, 2.24) is 5.32 Å². The largest absolute Gasteiger partial charge is 0.488 e. The van der Waals surface area contributed by atoms with Crippen LogP contribution in [-0.4, -0.2) is 50.3 Å². The molecule has 1 aliphatic heterocycles. The standard InChI is InChI=1S/C19H25N3O3/c1-22(9-2-3-10-22)11-12-24-16-6-4-5-15(13-16)17-7-8-18(25-17)19(23)21-14-20/h4-8,13H,2-3,9-12,14,20H2,1H3/p+1. The summed E-state index contributed by atoms with van der Waals surface area (Å²) < 4.78 is 12.6. The van der Waals surface area contributed by atoms with E-state index >= 15 is 0 Å². The van der Waals surface area contributed by atoms with E-state index in [0.717, 1.165) is 22.3 Å². The zero-order valence-electron chi connectivity index (χ0n) is 14.7. The molecule has 3 N–H and O–H groups in total. The van der Waals surface area contributed by atoms with Gasteiger partial charge in [-0.15, -0.1) is 0 Å². The van der Waals surface area contributed by atoms with Gasteiger partial charge in [-0.1, -0.05) is 12.1 Å². The first-order chi connectivity index (χ1) is 12.1. The third-order valence-corrected chi connectivity index (χ3v) is 4.76. The molecule has 3 rings (SSSR count). The van der Waals surface area contributed by atoms with Crippen molar-refractivity contribution in [1.29, 1.82) is 0 Å². The summed E-state index contributed by atoms with van der Waals surface area (Å²) in [4.78, 5) is 11.7. The topological polar surface area (TPSA) is 77.5 Å². The van der Waals surface area contributed by atoms with Crippen molar-refractivity contribution in [2.45, 2.75) is 12.8 Å². The number of carbonyl (C=O) groups excluding carboxylic acids is 1. The second kappa shape index (κ2) is 7.72. The molecule has 0 bridgehead atoms. The molecule has 0 atom stereocenters. The maximum atomic E-state index is 11.7. The van der Waals surface area contributed by atoms with Crippen LogP contribution in [0.15, 0.2) is 40.8 Å². The van der Waals surface area contributed by atoms with Crippen LogP contribution in [0.2, 0.25) is 0 Å². The molecule has 0 radical (unpaired) electrons. The maximum Gasteiger partial charge on any atom is 0.287 e. The van der Waals surface area contributed by atoms with Crippen molar-refractivity contribution >= 4 is 5.91 Å². The van der Waals surface area contributed by atoms with Crippen LogP contribution in [0.3, 0.4) is 0 Å². The zero-order valence-corrected chi connectivity index (χ0v) is 14.7. The highest BCUT2D eigenvalue weighted by molar-refractivity contribution is 5.92. The third kappa shape index (κ3) is 4.41. The van der Waals surface area contributed by atoms with Crippen molar-refractivity contribution in [3.05, 3.63) is 42.2 Å². The van der Waals surface area contributed by atoms with Gasteiger partial charge in [-0.2, -0.15) is 0 Å². The first-order valence-corrected chi connectivity index (χ1v) is 8.74. The number of nitrogens with two attached hydrogens (primary N) is 1. The summed E-state index contributed by atoms with van der Waals surface area (Å²) in [6, 6.07) is 11.2. The molecule has 2 heterocycles. The maximum absolute atomic E-state index is 11.7. The van der Waals surface area contributed by atoms with Crippen LogP contribution < -0.4 is 15.8 Å². The Morgan fingerprint density at radius 1 is 1.28 bits per heavy atom. The van der Waals surface area contributed by atoms with E-state index in [9.17, 15) is 4.79 Å². The fraction of sp³-hybridized carbons (Fsp3) is 0.421. The minimum atomic E-state index is -0.316. The molecule has 134 valence electrons. The molecule has 0 unspecified atom stereocenters. The highest BCUT2D eigenvalue weighted by Crippen LogP contribution is 2.26. The van der Waals surface area contributed by atoms with Gasteiger partial charge >= 0.3 is 0 Å². The molecule has 1 fully saturated rings. The number of likely N-dealkylation sites (N-methyl/N-ethyl adjacent to an activating group) is 1. The molecule has 1 aliphatic rings. The fourth-order valence-electron chi connectivity index (χ4n) is 3.24. The lowest BCUT2D eigenvalue weighted by Crippen LogP contribution is -2.43. The van der Waals surface area contributed by atoms with Gasteiger partial charge in [0.05, 0.1) is 26.8 Å². The molecule has 0 aliphatic carbocycles. The van der Waals surface area contributed by atoms with Gasteiger partial charge in [0, 0.05) is 18.4 Å². The number of furan rings is 1. The molecular formula is C19H26N3O3+. The predicted octanol–water partition coefficient (Wildman–Crippen LogP) is 2.21. The van der Waals surface area contributed by atoms with Crippen molar-refractivity contribution in [3.63, 3.8) is 0 Å². The number of rotatable bonds is 7. The molecule has 6 heteroatoms. The summed E-state index contributed by atoms with van der Waals surface area (Å²) in [5, 5.41) is 2.51. The Hall–Kier alpha value is -2.31. The minimum Gasteiger partial charge on any atom is -0.488 e. The summed E-state index contributed by atoms with van der Waals surface area (Å²) in [6.45, 7) is 4.28. The van der Waals surface area contributed by atoms with Gasteiger partial charge in [-0.3, -0.25) is 4.79 Å². The minimum absolute atomic E-state index is 0.0790. The van der Waals surface area contributed by atoms with E-state index in [-0.39, 0.29) is 18.3 Å². The summed E-state index contributed by atoms with van der Waals surface area (Å²) in [5.41, 5.74) is 6.19. The summed E-state index contributed by atoms with van der Waals surface area (Å²) >= 11 is 0. The number of nitrogens with one attached hydrogen (secondary N) is 1. The number of likely N-dealkylation sites (tertiary alicyclic amines) is 1. The van der Waals surface area contributed by atoms with Crippen LogP contribution in [0.4, 0.5) is 0 Å². The number of nitrogens with zero attached hydrogens (tertiary/aromatic N) is 1. The Labute approximate surface area is 148 Å². The highest BCUT2D eigenvalue weighted by Gasteiger charge is 2.26. The first kappa shape index (κ1) is 17.5. The smallest absolute Gasteiger partial charge is 0.287 e. The Morgan fingerprint density at radius 2 is 2.08 bits per heavy atom.